The Kier molecular flexibility index (Phi) is 8.03. The van der Waals surface area contributed by atoms with Crippen LogP contribution in [0.25, 0.3) is 0 Å². The van der Waals surface area contributed by atoms with Gasteiger partial charge in [-0.05, 0) is 11.6 Å². The summed E-state index contributed by atoms with van der Waals surface area (Å²) in [6.45, 7) is 6.96. The minimum Gasteiger partial charge on any atom is -0.383 e. The molecule has 23 heavy (non-hydrogen) atoms. The molecule has 1 aromatic carbocycles. The number of methoxy groups -OCH3 is 1. The molecule has 2 N–H and O–H groups in total. The number of amides is 1. The Hall–Kier alpha value is -1.47. The van der Waals surface area contributed by atoms with Gasteiger partial charge in [0.05, 0.1) is 19.8 Å². The molecule has 1 saturated heterocycles. The van der Waals surface area contributed by atoms with Crippen LogP contribution in [0.1, 0.15) is 15.9 Å². The molecule has 1 aromatic rings. The van der Waals surface area contributed by atoms with Crippen molar-refractivity contribution in [2.45, 2.75) is 6.54 Å². The Morgan fingerprint density at radius 3 is 2.78 bits per heavy atom. The average molecular weight is 321 g/mol. The van der Waals surface area contributed by atoms with Gasteiger partial charge in [-0.25, -0.2) is 0 Å². The first kappa shape index (κ1) is 17.9. The fourth-order valence-corrected chi connectivity index (χ4v) is 2.54. The third-order valence-corrected chi connectivity index (χ3v) is 3.83. The third kappa shape index (κ3) is 6.27. The van der Waals surface area contributed by atoms with E-state index in [1.807, 2.05) is 24.3 Å². The highest BCUT2D eigenvalue weighted by atomic mass is 16.5. The number of carbonyl (C=O) groups is 1. The van der Waals surface area contributed by atoms with Crippen LogP contribution in [0.2, 0.25) is 0 Å². The maximum absolute atomic E-state index is 12.4. The second kappa shape index (κ2) is 10.3. The van der Waals surface area contributed by atoms with Crippen LogP contribution in [0.5, 0.6) is 0 Å². The topological polar surface area (TPSA) is 62.8 Å². The van der Waals surface area contributed by atoms with Crippen LogP contribution in [0.3, 0.4) is 0 Å². The lowest BCUT2D eigenvalue weighted by atomic mass is 10.1. The molecular weight excluding hydrogens is 294 g/mol. The average Bonchev–Trinajstić information content (AvgIpc) is 2.59. The first-order chi connectivity index (χ1) is 11.3. The van der Waals surface area contributed by atoms with Gasteiger partial charge < -0.3 is 20.1 Å². The molecule has 128 valence electrons. The number of nitrogens with one attached hydrogen (secondary N) is 2. The third-order valence-electron chi connectivity index (χ3n) is 3.83. The highest BCUT2D eigenvalue weighted by Crippen LogP contribution is 2.13. The molecule has 1 aliphatic rings. The van der Waals surface area contributed by atoms with Crippen molar-refractivity contribution in [1.82, 2.24) is 15.5 Å². The van der Waals surface area contributed by atoms with Crippen molar-refractivity contribution in [1.29, 1.82) is 0 Å². The monoisotopic (exact) mass is 321 g/mol. The second-order valence-electron chi connectivity index (χ2n) is 5.54. The Balaban J connectivity index is 1.82. The summed E-state index contributed by atoms with van der Waals surface area (Å²) in [5, 5.41) is 6.18. The molecule has 0 unspecified atom stereocenters. The fraction of sp³-hybridized carbons (Fsp3) is 0.588. The zero-order valence-electron chi connectivity index (χ0n) is 13.8. The van der Waals surface area contributed by atoms with Gasteiger partial charge in [-0.15, -0.1) is 0 Å². The van der Waals surface area contributed by atoms with E-state index in [0.717, 1.165) is 57.1 Å². The van der Waals surface area contributed by atoms with Crippen LogP contribution in [0.15, 0.2) is 24.3 Å². The minimum absolute atomic E-state index is 0.0117. The number of benzene rings is 1. The standard InChI is InChI=1S/C17H27N3O3/c1-22-11-8-18-6-7-19-17(21)16-5-3-2-4-15(16)14-20-9-12-23-13-10-20/h2-5,18H,6-14H2,1H3,(H,19,21). The molecule has 0 saturated carbocycles. The van der Waals surface area contributed by atoms with E-state index in [2.05, 4.69) is 15.5 Å². The van der Waals surface area contributed by atoms with Crippen molar-refractivity contribution in [3.63, 3.8) is 0 Å². The van der Waals surface area contributed by atoms with Gasteiger partial charge in [-0.2, -0.15) is 0 Å². The zero-order chi connectivity index (χ0) is 16.3. The molecule has 0 bridgehead atoms. The number of carbonyl (C=O) groups excluding carboxylic acids is 1. The number of nitrogens with zero attached hydrogens (tertiary/aromatic N) is 1. The summed E-state index contributed by atoms with van der Waals surface area (Å²) in [4.78, 5) is 14.7. The van der Waals surface area contributed by atoms with E-state index in [1.165, 1.54) is 0 Å². The summed E-state index contributed by atoms with van der Waals surface area (Å²) in [5.41, 5.74) is 1.83. The molecule has 2 rings (SSSR count). The predicted octanol–water partition coefficient (Wildman–Crippen LogP) is 0.485. The Labute approximate surface area is 138 Å². The maximum atomic E-state index is 12.4. The highest BCUT2D eigenvalue weighted by molar-refractivity contribution is 5.95. The largest absolute Gasteiger partial charge is 0.383 e. The predicted molar refractivity (Wildman–Crippen MR) is 89.6 cm³/mol. The first-order valence-electron chi connectivity index (χ1n) is 8.17. The van der Waals surface area contributed by atoms with Crippen LogP contribution in [-0.2, 0) is 16.0 Å². The number of hydrogen-bond acceptors (Lipinski definition) is 5. The summed E-state index contributed by atoms with van der Waals surface area (Å²) in [6, 6.07) is 7.82. The van der Waals surface area contributed by atoms with Crippen molar-refractivity contribution >= 4 is 5.91 Å². The molecule has 0 aromatic heterocycles. The Morgan fingerprint density at radius 2 is 2.00 bits per heavy atom. The number of ether oxygens (including phenoxy) is 2. The molecule has 0 aliphatic carbocycles. The van der Waals surface area contributed by atoms with Gasteiger partial charge in [0.15, 0.2) is 0 Å². The van der Waals surface area contributed by atoms with E-state index < -0.39 is 0 Å². The maximum Gasteiger partial charge on any atom is 0.251 e. The van der Waals surface area contributed by atoms with Crippen LogP contribution in [0.4, 0.5) is 0 Å². The molecule has 1 heterocycles. The van der Waals surface area contributed by atoms with Crippen molar-refractivity contribution in [3.8, 4) is 0 Å². The van der Waals surface area contributed by atoms with Gasteiger partial charge in [0.2, 0.25) is 0 Å². The molecule has 6 heteroatoms. The summed E-state index contributed by atoms with van der Waals surface area (Å²) in [7, 11) is 1.68. The summed E-state index contributed by atoms with van der Waals surface area (Å²) >= 11 is 0. The van der Waals surface area contributed by atoms with Crippen molar-refractivity contribution < 1.29 is 14.3 Å². The van der Waals surface area contributed by atoms with E-state index in [0.29, 0.717) is 13.2 Å². The molecule has 1 fully saturated rings. The van der Waals surface area contributed by atoms with Gasteiger partial charge in [-0.1, -0.05) is 18.2 Å². The molecule has 0 atom stereocenters. The van der Waals surface area contributed by atoms with Crippen molar-refractivity contribution in [2.24, 2.45) is 0 Å². The summed E-state index contributed by atoms with van der Waals surface area (Å²) in [5.74, 6) is -0.0117. The number of morpholine rings is 1. The van der Waals surface area contributed by atoms with E-state index in [4.69, 9.17) is 9.47 Å². The van der Waals surface area contributed by atoms with Gasteiger partial charge in [-0.3, -0.25) is 9.69 Å². The molecule has 1 aliphatic heterocycles. The lowest BCUT2D eigenvalue weighted by Gasteiger charge is -2.27. The fourth-order valence-electron chi connectivity index (χ4n) is 2.54. The van der Waals surface area contributed by atoms with Crippen molar-refractivity contribution in [3.05, 3.63) is 35.4 Å². The minimum atomic E-state index is -0.0117. The van der Waals surface area contributed by atoms with Crippen LogP contribution in [0, 0.1) is 0 Å². The lowest BCUT2D eigenvalue weighted by Crippen LogP contribution is -2.37. The molecule has 1 amide bonds. The lowest BCUT2D eigenvalue weighted by molar-refractivity contribution is 0.0341. The van der Waals surface area contributed by atoms with Gasteiger partial charge in [0.25, 0.3) is 5.91 Å². The number of hydrogen-bond donors (Lipinski definition) is 2. The van der Waals surface area contributed by atoms with Crippen LogP contribution < -0.4 is 10.6 Å². The van der Waals surface area contributed by atoms with Gasteiger partial charge in [0, 0.05) is 51.9 Å². The first-order valence-corrected chi connectivity index (χ1v) is 8.17. The smallest absolute Gasteiger partial charge is 0.251 e. The Bertz CT molecular complexity index is 476. The molecular formula is C17H27N3O3. The number of rotatable bonds is 9. The quantitative estimate of drug-likeness (QED) is 0.648. The summed E-state index contributed by atoms with van der Waals surface area (Å²) in [6.07, 6.45) is 0. The molecule has 6 nitrogen and oxygen atoms in total. The SMILES string of the molecule is COCCNCCNC(=O)c1ccccc1CN1CCOCC1. The second-order valence-corrected chi connectivity index (χ2v) is 5.54. The Morgan fingerprint density at radius 1 is 1.22 bits per heavy atom. The molecule has 0 spiro atoms. The van der Waals surface area contributed by atoms with E-state index in [-0.39, 0.29) is 5.91 Å². The van der Waals surface area contributed by atoms with E-state index in [9.17, 15) is 4.79 Å². The van der Waals surface area contributed by atoms with Crippen molar-refractivity contribution in [2.75, 3.05) is 59.7 Å². The van der Waals surface area contributed by atoms with E-state index >= 15 is 0 Å². The van der Waals surface area contributed by atoms with Crippen LogP contribution in [-0.4, -0.2) is 70.5 Å². The normalized spacial score (nSPS) is 15.5. The highest BCUT2D eigenvalue weighted by Gasteiger charge is 2.15. The zero-order valence-corrected chi connectivity index (χ0v) is 13.8. The van der Waals surface area contributed by atoms with Crippen LogP contribution >= 0.6 is 0 Å². The van der Waals surface area contributed by atoms with Gasteiger partial charge >= 0.3 is 0 Å². The van der Waals surface area contributed by atoms with E-state index in [1.54, 1.807) is 7.11 Å². The summed E-state index contributed by atoms with van der Waals surface area (Å²) < 4.78 is 10.3. The molecule has 0 radical (unpaired) electrons. The van der Waals surface area contributed by atoms with Gasteiger partial charge in [0.1, 0.15) is 0 Å².